The van der Waals surface area contributed by atoms with Crippen molar-refractivity contribution >= 4 is 22.4 Å². The molecule has 0 saturated heterocycles. The zero-order valence-corrected chi connectivity index (χ0v) is 9.62. The van der Waals surface area contributed by atoms with Gasteiger partial charge in [0, 0.05) is 24.3 Å². The molecule has 0 aliphatic rings. The van der Waals surface area contributed by atoms with Gasteiger partial charge in [0.25, 0.3) is 5.91 Å². The number of thiazole rings is 1. The van der Waals surface area contributed by atoms with Gasteiger partial charge in [0.15, 0.2) is 5.13 Å². The van der Waals surface area contributed by atoms with Crippen molar-refractivity contribution in [1.82, 2.24) is 14.9 Å². The summed E-state index contributed by atoms with van der Waals surface area (Å²) >= 11 is 1.26. The van der Waals surface area contributed by atoms with Gasteiger partial charge < -0.3 is 15.6 Å². The average Bonchev–Trinajstić information content (AvgIpc) is 2.84. The van der Waals surface area contributed by atoms with Gasteiger partial charge in [0.1, 0.15) is 5.69 Å². The molecule has 0 atom stereocenters. The summed E-state index contributed by atoms with van der Waals surface area (Å²) in [5.74, 6) is -0.200. The molecule has 6 heteroatoms. The maximum atomic E-state index is 11.6. The maximum absolute atomic E-state index is 11.6. The lowest BCUT2D eigenvalue weighted by atomic mass is 10.4. The summed E-state index contributed by atoms with van der Waals surface area (Å²) < 4.78 is 1.95. The van der Waals surface area contributed by atoms with E-state index < -0.39 is 0 Å². The van der Waals surface area contributed by atoms with Gasteiger partial charge in [-0.2, -0.15) is 0 Å². The Morgan fingerprint density at radius 3 is 3.06 bits per heavy atom. The van der Waals surface area contributed by atoms with Crippen LogP contribution in [0, 0.1) is 0 Å². The largest absolute Gasteiger partial charge is 0.375 e. The molecular weight excluding hydrogens is 224 g/mol. The van der Waals surface area contributed by atoms with Gasteiger partial charge in [-0.25, -0.2) is 4.98 Å². The lowest BCUT2D eigenvalue weighted by Crippen LogP contribution is -2.24. The normalized spacial score (nSPS) is 10.3. The van der Waals surface area contributed by atoms with E-state index in [0.29, 0.717) is 17.4 Å². The summed E-state index contributed by atoms with van der Waals surface area (Å²) in [4.78, 5) is 15.5. The summed E-state index contributed by atoms with van der Waals surface area (Å²) in [5, 5.41) is 4.84. The first-order chi connectivity index (χ1) is 7.66. The molecule has 16 heavy (non-hydrogen) atoms. The number of aryl methyl sites for hydroxylation is 1. The molecule has 2 heterocycles. The number of nitrogens with zero attached hydrogens (tertiary/aromatic N) is 2. The summed E-state index contributed by atoms with van der Waals surface area (Å²) in [5.41, 5.74) is 6.86. The average molecular weight is 236 g/mol. The van der Waals surface area contributed by atoms with E-state index in [0.717, 1.165) is 5.69 Å². The molecule has 84 valence electrons. The molecule has 0 aromatic carbocycles. The number of carbonyl (C=O) groups excluding carboxylic acids is 1. The number of anilines is 1. The van der Waals surface area contributed by atoms with Crippen LogP contribution in [0.15, 0.2) is 23.7 Å². The molecule has 2 aromatic rings. The zero-order chi connectivity index (χ0) is 11.5. The summed E-state index contributed by atoms with van der Waals surface area (Å²) in [6.07, 6.45) is 1.93. The minimum atomic E-state index is -0.200. The number of nitrogens with two attached hydrogens (primary N) is 1. The summed E-state index contributed by atoms with van der Waals surface area (Å²) in [7, 11) is 1.93. The van der Waals surface area contributed by atoms with Gasteiger partial charge >= 0.3 is 0 Å². The molecular formula is C10H12N4OS. The predicted octanol–water partition coefficient (Wildman–Crippen LogP) is 0.994. The molecule has 0 radical (unpaired) electrons. The summed E-state index contributed by atoms with van der Waals surface area (Å²) in [6, 6.07) is 3.89. The Bertz CT molecular complexity index is 502. The molecule has 1 amide bonds. The highest BCUT2D eigenvalue weighted by Gasteiger charge is 2.09. The van der Waals surface area contributed by atoms with Gasteiger partial charge in [0.05, 0.1) is 6.54 Å². The van der Waals surface area contributed by atoms with Gasteiger partial charge in [0.2, 0.25) is 0 Å². The molecule has 0 unspecified atom stereocenters. The second-order valence-electron chi connectivity index (χ2n) is 3.36. The number of aromatic nitrogens is 2. The number of rotatable bonds is 3. The predicted molar refractivity (Wildman–Crippen MR) is 63.1 cm³/mol. The Balaban J connectivity index is 1.96. The van der Waals surface area contributed by atoms with Crippen LogP contribution in [0.4, 0.5) is 5.13 Å². The molecule has 5 nitrogen and oxygen atoms in total. The van der Waals surface area contributed by atoms with Gasteiger partial charge in [-0.15, -0.1) is 11.3 Å². The lowest BCUT2D eigenvalue weighted by Gasteiger charge is -2.04. The molecule has 0 bridgehead atoms. The molecule has 0 fully saturated rings. The quantitative estimate of drug-likeness (QED) is 0.834. The first kappa shape index (κ1) is 10.7. The highest BCUT2D eigenvalue weighted by Crippen LogP contribution is 2.10. The van der Waals surface area contributed by atoms with Crippen molar-refractivity contribution in [2.75, 3.05) is 5.73 Å². The Kier molecular flexibility index (Phi) is 2.91. The van der Waals surface area contributed by atoms with Crippen molar-refractivity contribution in [2.45, 2.75) is 6.54 Å². The number of nitrogens with one attached hydrogen (secondary N) is 1. The Morgan fingerprint density at radius 1 is 1.69 bits per heavy atom. The van der Waals surface area contributed by atoms with Crippen LogP contribution in [0.25, 0.3) is 0 Å². The first-order valence-corrected chi connectivity index (χ1v) is 5.64. The van der Waals surface area contributed by atoms with Crippen LogP contribution in [0.5, 0.6) is 0 Å². The van der Waals surface area contributed by atoms with Crippen molar-refractivity contribution in [3.63, 3.8) is 0 Å². The van der Waals surface area contributed by atoms with Crippen LogP contribution >= 0.6 is 11.3 Å². The molecule has 0 aliphatic heterocycles. The minimum absolute atomic E-state index is 0.200. The monoisotopic (exact) mass is 236 g/mol. The third kappa shape index (κ3) is 2.22. The standard InChI is InChI=1S/C10H12N4OS/c1-14-4-2-3-7(14)5-12-9(15)8-6-16-10(11)13-8/h2-4,6H,5H2,1H3,(H2,11,13)(H,12,15). The van der Waals surface area contributed by atoms with E-state index in [9.17, 15) is 4.79 Å². The fourth-order valence-corrected chi connectivity index (χ4v) is 1.88. The molecule has 0 spiro atoms. The van der Waals surface area contributed by atoms with E-state index in [1.807, 2.05) is 29.9 Å². The van der Waals surface area contributed by atoms with Gasteiger partial charge in [-0.3, -0.25) is 4.79 Å². The van der Waals surface area contributed by atoms with Crippen molar-refractivity contribution in [3.05, 3.63) is 35.1 Å². The van der Waals surface area contributed by atoms with Crippen molar-refractivity contribution < 1.29 is 4.79 Å². The topological polar surface area (TPSA) is 72.9 Å². The third-order valence-corrected chi connectivity index (χ3v) is 2.91. The van der Waals surface area contributed by atoms with Crippen LogP contribution in [0.2, 0.25) is 0 Å². The number of carbonyl (C=O) groups is 1. The second kappa shape index (κ2) is 4.36. The molecule has 2 aromatic heterocycles. The number of nitrogen functional groups attached to an aromatic ring is 1. The van der Waals surface area contributed by atoms with Crippen LogP contribution in [-0.4, -0.2) is 15.5 Å². The van der Waals surface area contributed by atoms with Gasteiger partial charge in [-0.1, -0.05) is 0 Å². The summed E-state index contributed by atoms with van der Waals surface area (Å²) in [6.45, 7) is 0.486. The zero-order valence-electron chi connectivity index (χ0n) is 8.80. The highest BCUT2D eigenvalue weighted by molar-refractivity contribution is 7.13. The SMILES string of the molecule is Cn1cccc1CNC(=O)c1csc(N)n1. The van der Waals surface area contributed by atoms with Crippen LogP contribution < -0.4 is 11.1 Å². The Morgan fingerprint density at radius 2 is 2.50 bits per heavy atom. The van der Waals surface area contributed by atoms with E-state index in [2.05, 4.69) is 10.3 Å². The second-order valence-corrected chi connectivity index (χ2v) is 4.25. The van der Waals surface area contributed by atoms with E-state index in [1.165, 1.54) is 11.3 Å². The first-order valence-electron chi connectivity index (χ1n) is 4.76. The van der Waals surface area contributed by atoms with E-state index in [1.54, 1.807) is 5.38 Å². The lowest BCUT2D eigenvalue weighted by molar-refractivity contribution is 0.0946. The van der Waals surface area contributed by atoms with Crippen molar-refractivity contribution in [1.29, 1.82) is 0 Å². The van der Waals surface area contributed by atoms with E-state index in [-0.39, 0.29) is 5.91 Å². The van der Waals surface area contributed by atoms with Crippen LogP contribution in [-0.2, 0) is 13.6 Å². The Labute approximate surface area is 96.9 Å². The fourth-order valence-electron chi connectivity index (χ4n) is 1.33. The van der Waals surface area contributed by atoms with E-state index in [4.69, 9.17) is 5.73 Å². The number of amides is 1. The maximum Gasteiger partial charge on any atom is 0.271 e. The van der Waals surface area contributed by atoms with Crippen LogP contribution in [0.3, 0.4) is 0 Å². The van der Waals surface area contributed by atoms with Crippen molar-refractivity contribution in [3.8, 4) is 0 Å². The fraction of sp³-hybridized carbons (Fsp3) is 0.200. The molecule has 0 saturated carbocycles. The highest BCUT2D eigenvalue weighted by atomic mass is 32.1. The van der Waals surface area contributed by atoms with Crippen molar-refractivity contribution in [2.24, 2.45) is 7.05 Å². The molecule has 0 aliphatic carbocycles. The van der Waals surface area contributed by atoms with Crippen LogP contribution in [0.1, 0.15) is 16.2 Å². The molecule has 2 rings (SSSR count). The number of hydrogen-bond donors (Lipinski definition) is 2. The number of hydrogen-bond acceptors (Lipinski definition) is 4. The smallest absolute Gasteiger partial charge is 0.271 e. The van der Waals surface area contributed by atoms with E-state index >= 15 is 0 Å². The minimum Gasteiger partial charge on any atom is -0.375 e. The third-order valence-electron chi connectivity index (χ3n) is 2.24. The molecule has 3 N–H and O–H groups in total. The Hall–Kier alpha value is -1.82. The van der Waals surface area contributed by atoms with Gasteiger partial charge in [-0.05, 0) is 12.1 Å².